The molecule has 23 heavy (non-hydrogen) atoms. The number of aromatic nitrogens is 1. The van der Waals surface area contributed by atoms with Gasteiger partial charge in [-0.15, -0.1) is 5.69 Å². The topological polar surface area (TPSA) is 43.4 Å². The van der Waals surface area contributed by atoms with Crippen molar-refractivity contribution < 1.29 is 37.1 Å². The molecule has 2 fully saturated rings. The first kappa shape index (κ1) is 17.2. The molecule has 3 atom stereocenters. The molecule has 1 aromatic carbocycles. The van der Waals surface area contributed by atoms with E-state index in [2.05, 4.69) is 29.0 Å². The zero-order chi connectivity index (χ0) is 15.3. The fourth-order valence-corrected chi connectivity index (χ4v) is 3.41. The molecule has 6 heteroatoms. The van der Waals surface area contributed by atoms with Gasteiger partial charge in [0, 0.05) is 38.3 Å². The minimum absolute atomic E-state index is 0. The molecule has 0 bridgehead atoms. The van der Waals surface area contributed by atoms with E-state index < -0.39 is 0 Å². The van der Waals surface area contributed by atoms with Gasteiger partial charge < -0.3 is 14.9 Å². The average molecular weight is 381 g/mol. The summed E-state index contributed by atoms with van der Waals surface area (Å²) < 4.78 is 5.53. The van der Waals surface area contributed by atoms with Gasteiger partial charge in [-0.1, -0.05) is 24.0 Å². The van der Waals surface area contributed by atoms with Gasteiger partial charge in [0.1, 0.15) is 6.26 Å². The van der Waals surface area contributed by atoms with E-state index in [4.69, 9.17) is 17.7 Å². The van der Waals surface area contributed by atoms with Gasteiger partial charge >= 0.3 is 0 Å². The van der Waals surface area contributed by atoms with E-state index in [9.17, 15) is 0 Å². The Labute approximate surface area is 163 Å². The molecule has 115 valence electrons. The first-order valence-corrected chi connectivity index (χ1v) is 7.87. The Hall–Kier alpha value is -0.641. The van der Waals surface area contributed by atoms with Crippen molar-refractivity contribution >= 4 is 13.5 Å². The first-order valence-electron chi connectivity index (χ1n) is 7.87. The summed E-state index contributed by atoms with van der Waals surface area (Å²) in [6.45, 7) is 5.97. The normalized spacial score (nSPS) is 26.3. The standard InChI is InChI=1S/C17H19BN3O.Y/c1-10-3-4-12(7-14(10)17-19-11(2)9-22-17)20-21-6-5-13-15(8-21)16(13)18;/h3-4,7,9,13,15-16H,5-6,8H2,1-2H3;/q-1;. The molecular formula is C17H19BN3OY-. The molecule has 0 spiro atoms. The minimum atomic E-state index is 0. The number of hydrogen-bond donors (Lipinski definition) is 0. The predicted molar refractivity (Wildman–Crippen MR) is 87.1 cm³/mol. The van der Waals surface area contributed by atoms with Gasteiger partial charge in [-0.3, -0.25) is 0 Å². The summed E-state index contributed by atoms with van der Waals surface area (Å²) in [6, 6.07) is 6.18. The van der Waals surface area contributed by atoms with Gasteiger partial charge in [0.25, 0.3) is 0 Å². The second kappa shape index (κ2) is 6.70. The van der Waals surface area contributed by atoms with E-state index in [0.717, 1.165) is 47.9 Å². The summed E-state index contributed by atoms with van der Waals surface area (Å²) in [4.78, 5) is 4.42. The van der Waals surface area contributed by atoms with Crippen LogP contribution in [0.2, 0.25) is 5.82 Å². The third-order valence-electron chi connectivity index (χ3n) is 4.87. The Morgan fingerprint density at radius 1 is 1.30 bits per heavy atom. The number of nitrogens with zero attached hydrogens (tertiary/aromatic N) is 3. The number of oxazole rings is 1. The van der Waals surface area contributed by atoms with Crippen LogP contribution in [-0.4, -0.2) is 30.9 Å². The largest absolute Gasteiger partial charge is 0.620 e. The molecule has 2 aliphatic rings. The maximum absolute atomic E-state index is 6.06. The van der Waals surface area contributed by atoms with Gasteiger partial charge in [-0.05, 0) is 50.8 Å². The molecule has 0 N–H and O–H groups in total. The maximum Gasteiger partial charge on any atom is 0.226 e. The number of hydrogen-bond acceptors (Lipinski definition) is 3. The summed E-state index contributed by atoms with van der Waals surface area (Å²) in [6.07, 6.45) is 2.84. The molecule has 1 aliphatic carbocycles. The zero-order valence-electron chi connectivity index (χ0n) is 13.6. The third kappa shape index (κ3) is 3.42. The number of piperidine rings is 1. The van der Waals surface area contributed by atoms with Gasteiger partial charge in [0.2, 0.25) is 5.89 Å². The van der Waals surface area contributed by atoms with E-state index in [0.29, 0.717) is 17.6 Å². The molecular weight excluding hydrogens is 362 g/mol. The fourth-order valence-electron chi connectivity index (χ4n) is 3.41. The van der Waals surface area contributed by atoms with Crippen molar-refractivity contribution in [1.29, 1.82) is 0 Å². The second-order valence-corrected chi connectivity index (χ2v) is 6.50. The van der Waals surface area contributed by atoms with Crippen LogP contribution in [0.5, 0.6) is 0 Å². The maximum atomic E-state index is 6.06. The van der Waals surface area contributed by atoms with E-state index >= 15 is 0 Å². The fraction of sp³-hybridized carbons (Fsp3) is 0.471. The van der Waals surface area contributed by atoms with Crippen LogP contribution in [-0.2, 0) is 32.7 Å². The molecule has 2 aromatic rings. The SMILES string of the molecule is [B]C1C2CCN([N-]c3ccc(C)c(-c4nc(C)co4)c3)CC12.[Y]. The third-order valence-corrected chi connectivity index (χ3v) is 4.87. The second-order valence-electron chi connectivity index (χ2n) is 6.50. The number of fused-ring (bicyclic) bond motifs is 1. The van der Waals surface area contributed by atoms with Crippen molar-refractivity contribution in [2.75, 3.05) is 13.1 Å². The van der Waals surface area contributed by atoms with E-state index in [1.165, 1.54) is 0 Å². The van der Waals surface area contributed by atoms with E-state index in [1.54, 1.807) is 6.26 Å². The Bertz CT molecular complexity index is 705. The summed E-state index contributed by atoms with van der Waals surface area (Å²) in [5, 5.41) is 2.16. The van der Waals surface area contributed by atoms with E-state index in [1.807, 2.05) is 13.0 Å². The van der Waals surface area contributed by atoms with Gasteiger partial charge in [0.05, 0.1) is 13.5 Å². The Morgan fingerprint density at radius 2 is 2.13 bits per heavy atom. The van der Waals surface area contributed by atoms with Crippen LogP contribution >= 0.6 is 0 Å². The van der Waals surface area contributed by atoms with Crippen LogP contribution < -0.4 is 0 Å². The number of aryl methyl sites for hydroxylation is 2. The smallest absolute Gasteiger partial charge is 0.226 e. The van der Waals surface area contributed by atoms with Crippen molar-refractivity contribution in [1.82, 2.24) is 9.99 Å². The van der Waals surface area contributed by atoms with Crippen LogP contribution in [0.15, 0.2) is 28.9 Å². The van der Waals surface area contributed by atoms with Gasteiger partial charge in [0.15, 0.2) is 0 Å². The molecule has 4 rings (SSSR count). The molecule has 1 aromatic heterocycles. The molecule has 1 saturated heterocycles. The van der Waals surface area contributed by atoms with Crippen LogP contribution in [0.1, 0.15) is 17.7 Å². The van der Waals surface area contributed by atoms with Crippen molar-refractivity contribution in [2.24, 2.45) is 11.8 Å². The quantitative estimate of drug-likeness (QED) is 0.761. The van der Waals surface area contributed by atoms with Crippen molar-refractivity contribution in [3.8, 4) is 11.5 Å². The van der Waals surface area contributed by atoms with Crippen LogP contribution in [0.3, 0.4) is 0 Å². The summed E-state index contributed by atoms with van der Waals surface area (Å²) in [5.41, 5.74) is 8.76. The van der Waals surface area contributed by atoms with Gasteiger partial charge in [-0.25, -0.2) is 4.98 Å². The summed E-state index contributed by atoms with van der Waals surface area (Å²) in [5.74, 6) is 2.42. The first-order chi connectivity index (χ1) is 10.6. The Morgan fingerprint density at radius 3 is 2.83 bits per heavy atom. The number of benzene rings is 1. The molecule has 3 unspecified atom stereocenters. The average Bonchev–Trinajstić information content (AvgIpc) is 2.93. The molecule has 1 aliphatic heterocycles. The molecule has 2 heterocycles. The van der Waals surface area contributed by atoms with Crippen LogP contribution in [0.25, 0.3) is 16.9 Å². The van der Waals surface area contributed by atoms with Crippen molar-refractivity contribution in [2.45, 2.75) is 26.1 Å². The number of rotatable bonds is 3. The van der Waals surface area contributed by atoms with Crippen LogP contribution in [0, 0.1) is 25.7 Å². The zero-order valence-corrected chi connectivity index (χ0v) is 16.4. The van der Waals surface area contributed by atoms with Crippen molar-refractivity contribution in [3.05, 3.63) is 41.1 Å². The molecule has 1 saturated carbocycles. The monoisotopic (exact) mass is 381 g/mol. The Kier molecular flexibility index (Phi) is 5.01. The minimum Gasteiger partial charge on any atom is -0.620 e. The van der Waals surface area contributed by atoms with Gasteiger partial charge in [-0.2, -0.15) is 0 Å². The summed E-state index contributed by atoms with van der Waals surface area (Å²) in [7, 11) is 6.06. The predicted octanol–water partition coefficient (Wildman–Crippen LogP) is 3.78. The van der Waals surface area contributed by atoms with Crippen molar-refractivity contribution in [3.63, 3.8) is 0 Å². The van der Waals surface area contributed by atoms with E-state index in [-0.39, 0.29) is 32.7 Å². The Balaban J connectivity index is 0.00000156. The molecule has 0 amide bonds. The molecule has 3 radical (unpaired) electrons. The molecule has 4 nitrogen and oxygen atoms in total. The summed E-state index contributed by atoms with van der Waals surface area (Å²) >= 11 is 0. The van der Waals surface area contributed by atoms with Crippen LogP contribution in [0.4, 0.5) is 5.69 Å².